The summed E-state index contributed by atoms with van der Waals surface area (Å²) in [7, 11) is 0. The predicted octanol–water partition coefficient (Wildman–Crippen LogP) is 2.12. The molecule has 0 amide bonds. The van der Waals surface area contributed by atoms with Gasteiger partial charge in [0, 0.05) is 4.86 Å². The summed E-state index contributed by atoms with van der Waals surface area (Å²) in [6, 6.07) is 0.286. The molecule has 1 heterocycles. The molecule has 1 atom stereocenters. The third-order valence-corrected chi connectivity index (χ3v) is 2.55. The first-order valence-electron chi connectivity index (χ1n) is 4.10. The molecule has 0 saturated carbocycles. The Balaban J connectivity index is 2.36. The van der Waals surface area contributed by atoms with Gasteiger partial charge in [0.15, 0.2) is 0 Å². The molecule has 0 saturated heterocycles. The van der Waals surface area contributed by atoms with E-state index in [1.54, 1.807) is 0 Å². The van der Waals surface area contributed by atoms with Crippen LogP contribution in [0.25, 0.3) is 0 Å². The van der Waals surface area contributed by atoms with Crippen molar-refractivity contribution in [2.45, 2.75) is 19.4 Å². The van der Waals surface area contributed by atoms with Crippen LogP contribution in [0.15, 0.2) is 35.6 Å². The van der Waals surface area contributed by atoms with Crippen LogP contribution in [0.3, 0.4) is 0 Å². The minimum absolute atomic E-state index is 0.286. The van der Waals surface area contributed by atoms with E-state index in [0.29, 0.717) is 0 Å². The standard InChI is InChI=1S/C10H11NS/c1-7-5-8-3-2-4-11-10(8)9(12)6-7/h2-4,6,10-11H,5H2,1H3. The summed E-state index contributed by atoms with van der Waals surface area (Å²) in [5.41, 5.74) is 2.75. The Bertz CT molecular complexity index is 310. The molecule has 2 heteroatoms. The van der Waals surface area contributed by atoms with Crippen molar-refractivity contribution in [1.82, 2.24) is 5.32 Å². The minimum atomic E-state index is 0.286. The Morgan fingerprint density at radius 2 is 2.42 bits per heavy atom. The van der Waals surface area contributed by atoms with Crippen molar-refractivity contribution < 1.29 is 0 Å². The zero-order chi connectivity index (χ0) is 8.55. The smallest absolute Gasteiger partial charge is 0.0829 e. The van der Waals surface area contributed by atoms with Crippen molar-refractivity contribution in [3.63, 3.8) is 0 Å². The van der Waals surface area contributed by atoms with Crippen LogP contribution in [-0.2, 0) is 0 Å². The van der Waals surface area contributed by atoms with E-state index in [4.69, 9.17) is 12.2 Å². The maximum atomic E-state index is 5.27. The summed E-state index contributed by atoms with van der Waals surface area (Å²) < 4.78 is 0. The van der Waals surface area contributed by atoms with Gasteiger partial charge in [-0.25, -0.2) is 0 Å². The molecule has 2 rings (SSSR count). The van der Waals surface area contributed by atoms with E-state index in [-0.39, 0.29) is 6.04 Å². The van der Waals surface area contributed by atoms with Crippen molar-refractivity contribution in [3.05, 3.63) is 35.6 Å². The van der Waals surface area contributed by atoms with Crippen molar-refractivity contribution >= 4 is 17.1 Å². The van der Waals surface area contributed by atoms with Gasteiger partial charge in [0.1, 0.15) is 0 Å². The van der Waals surface area contributed by atoms with Crippen LogP contribution in [0.4, 0.5) is 0 Å². The molecule has 12 heavy (non-hydrogen) atoms. The molecule has 1 aliphatic carbocycles. The normalized spacial score (nSPS) is 27.1. The molecule has 1 nitrogen and oxygen atoms in total. The molecule has 0 radical (unpaired) electrons. The summed E-state index contributed by atoms with van der Waals surface area (Å²) >= 11 is 5.27. The van der Waals surface area contributed by atoms with E-state index in [9.17, 15) is 0 Å². The number of dihydropyridines is 1. The number of fused-ring (bicyclic) bond motifs is 1. The van der Waals surface area contributed by atoms with Gasteiger partial charge in [-0.2, -0.15) is 0 Å². The second-order valence-corrected chi connectivity index (χ2v) is 3.74. The van der Waals surface area contributed by atoms with E-state index >= 15 is 0 Å². The second kappa shape index (κ2) is 2.87. The summed E-state index contributed by atoms with van der Waals surface area (Å²) in [4.78, 5) is 1.01. The minimum Gasteiger partial charge on any atom is -0.380 e. The number of allylic oxidation sites excluding steroid dienone is 3. The number of hydrogen-bond acceptors (Lipinski definition) is 2. The maximum absolute atomic E-state index is 5.27. The Kier molecular flexibility index (Phi) is 1.85. The highest BCUT2D eigenvalue weighted by atomic mass is 32.1. The first-order valence-corrected chi connectivity index (χ1v) is 4.51. The van der Waals surface area contributed by atoms with Gasteiger partial charge in [0.2, 0.25) is 0 Å². The summed E-state index contributed by atoms with van der Waals surface area (Å²) in [6.45, 7) is 2.13. The molecular formula is C10H11NS. The fourth-order valence-corrected chi connectivity index (χ4v) is 2.07. The monoisotopic (exact) mass is 177 g/mol. The SMILES string of the molecule is CC1=CC(=S)C2NC=CC=C2C1. The lowest BCUT2D eigenvalue weighted by atomic mass is 9.89. The quantitative estimate of drug-likeness (QED) is 0.569. The Hall–Kier alpha value is -0.890. The third kappa shape index (κ3) is 1.23. The van der Waals surface area contributed by atoms with Crippen molar-refractivity contribution in [2.75, 3.05) is 0 Å². The lowest BCUT2D eigenvalue weighted by molar-refractivity contribution is 0.786. The van der Waals surface area contributed by atoms with Crippen LogP contribution in [0, 0.1) is 0 Å². The molecule has 0 fully saturated rings. The van der Waals surface area contributed by atoms with Crippen LogP contribution in [0.5, 0.6) is 0 Å². The molecule has 1 aliphatic heterocycles. The summed E-state index contributed by atoms with van der Waals surface area (Å²) in [6.07, 6.45) is 9.30. The van der Waals surface area contributed by atoms with Gasteiger partial charge in [-0.3, -0.25) is 0 Å². The molecule has 0 spiro atoms. The lowest BCUT2D eigenvalue weighted by Crippen LogP contribution is -2.36. The highest BCUT2D eigenvalue weighted by Crippen LogP contribution is 2.23. The van der Waals surface area contributed by atoms with E-state index in [1.165, 1.54) is 11.1 Å². The van der Waals surface area contributed by atoms with Crippen molar-refractivity contribution in [1.29, 1.82) is 0 Å². The molecular weight excluding hydrogens is 166 g/mol. The van der Waals surface area contributed by atoms with Gasteiger partial charge < -0.3 is 5.32 Å². The predicted molar refractivity (Wildman–Crippen MR) is 55.1 cm³/mol. The summed E-state index contributed by atoms with van der Waals surface area (Å²) in [5.74, 6) is 0. The topological polar surface area (TPSA) is 12.0 Å². The molecule has 1 unspecified atom stereocenters. The highest BCUT2D eigenvalue weighted by molar-refractivity contribution is 7.81. The van der Waals surface area contributed by atoms with Crippen LogP contribution < -0.4 is 5.32 Å². The first-order chi connectivity index (χ1) is 5.77. The molecule has 2 aliphatic rings. The van der Waals surface area contributed by atoms with Gasteiger partial charge in [-0.1, -0.05) is 23.9 Å². The van der Waals surface area contributed by atoms with Crippen LogP contribution in [0.2, 0.25) is 0 Å². The van der Waals surface area contributed by atoms with E-state index in [0.717, 1.165) is 11.3 Å². The molecule has 1 N–H and O–H groups in total. The second-order valence-electron chi connectivity index (χ2n) is 3.27. The third-order valence-electron chi connectivity index (χ3n) is 2.20. The van der Waals surface area contributed by atoms with Gasteiger partial charge in [-0.15, -0.1) is 0 Å². The number of rotatable bonds is 0. The average molecular weight is 177 g/mol. The average Bonchev–Trinajstić information content (AvgIpc) is 2.04. The van der Waals surface area contributed by atoms with Crippen LogP contribution >= 0.6 is 12.2 Å². The first kappa shape index (κ1) is 7.74. The van der Waals surface area contributed by atoms with Crippen molar-refractivity contribution in [2.24, 2.45) is 0 Å². The summed E-state index contributed by atoms with van der Waals surface area (Å²) in [5, 5.41) is 3.26. The lowest BCUT2D eigenvalue weighted by Gasteiger charge is -2.27. The zero-order valence-electron chi connectivity index (χ0n) is 7.00. The molecule has 0 aromatic carbocycles. The van der Waals surface area contributed by atoms with E-state index < -0.39 is 0 Å². The van der Waals surface area contributed by atoms with E-state index in [1.807, 2.05) is 12.3 Å². The van der Waals surface area contributed by atoms with E-state index in [2.05, 4.69) is 24.4 Å². The van der Waals surface area contributed by atoms with Crippen LogP contribution in [0.1, 0.15) is 13.3 Å². The Morgan fingerprint density at radius 1 is 1.58 bits per heavy atom. The Morgan fingerprint density at radius 3 is 3.25 bits per heavy atom. The number of nitrogens with one attached hydrogen (secondary N) is 1. The zero-order valence-corrected chi connectivity index (χ0v) is 7.82. The Labute approximate surface area is 77.9 Å². The van der Waals surface area contributed by atoms with Crippen molar-refractivity contribution in [3.8, 4) is 0 Å². The number of thiocarbonyl (C=S) groups is 1. The van der Waals surface area contributed by atoms with Gasteiger partial charge in [0.25, 0.3) is 0 Å². The number of hydrogen-bond donors (Lipinski definition) is 1. The van der Waals surface area contributed by atoms with Gasteiger partial charge >= 0.3 is 0 Å². The largest absolute Gasteiger partial charge is 0.380 e. The molecule has 0 bridgehead atoms. The highest BCUT2D eigenvalue weighted by Gasteiger charge is 2.22. The van der Waals surface area contributed by atoms with Gasteiger partial charge in [0.05, 0.1) is 6.04 Å². The molecule has 0 aromatic heterocycles. The maximum Gasteiger partial charge on any atom is 0.0829 e. The van der Waals surface area contributed by atoms with Crippen LogP contribution in [-0.4, -0.2) is 10.9 Å². The fraction of sp³-hybridized carbons (Fsp3) is 0.300. The van der Waals surface area contributed by atoms with Gasteiger partial charge in [-0.05, 0) is 37.3 Å². The molecule has 0 aromatic rings. The molecule has 62 valence electrons. The fourth-order valence-electron chi connectivity index (χ4n) is 1.65.